The van der Waals surface area contributed by atoms with Crippen molar-refractivity contribution in [1.29, 1.82) is 0 Å². The van der Waals surface area contributed by atoms with Crippen LogP contribution in [0.2, 0.25) is 0 Å². The molecule has 3 rings (SSSR count). The van der Waals surface area contributed by atoms with Gasteiger partial charge in [0.2, 0.25) is 5.91 Å². The Morgan fingerprint density at radius 3 is 2.52 bits per heavy atom. The summed E-state index contributed by atoms with van der Waals surface area (Å²) in [5.74, 6) is 0.103. The van der Waals surface area contributed by atoms with E-state index in [4.69, 9.17) is 0 Å². The van der Waals surface area contributed by atoms with Gasteiger partial charge in [0, 0.05) is 23.8 Å². The lowest BCUT2D eigenvalue weighted by molar-refractivity contribution is -0.120. The summed E-state index contributed by atoms with van der Waals surface area (Å²) in [4.78, 5) is 14.6. The predicted octanol–water partition coefficient (Wildman–Crippen LogP) is 2.23. The highest BCUT2D eigenvalue weighted by Crippen LogP contribution is 2.32. The van der Waals surface area contributed by atoms with Crippen LogP contribution in [-0.2, 0) is 4.79 Å². The summed E-state index contributed by atoms with van der Waals surface area (Å²) in [5.41, 5.74) is 0.993. The first-order valence-corrected chi connectivity index (χ1v) is 8.02. The zero-order valence-corrected chi connectivity index (χ0v) is 12.7. The monoisotopic (exact) mass is 287 g/mol. The molecule has 0 radical (unpaired) electrons. The van der Waals surface area contributed by atoms with Gasteiger partial charge in [-0.05, 0) is 44.9 Å². The van der Waals surface area contributed by atoms with Crippen LogP contribution in [0.5, 0.6) is 0 Å². The van der Waals surface area contributed by atoms with E-state index in [-0.39, 0.29) is 5.91 Å². The highest BCUT2D eigenvalue weighted by molar-refractivity contribution is 5.80. The zero-order valence-electron chi connectivity index (χ0n) is 12.7. The molecule has 2 unspecified atom stereocenters. The first kappa shape index (κ1) is 14.4. The van der Waals surface area contributed by atoms with E-state index in [0.717, 1.165) is 18.5 Å². The number of amides is 1. The fourth-order valence-corrected chi connectivity index (χ4v) is 3.75. The predicted molar refractivity (Wildman–Crippen MR) is 85.3 cm³/mol. The molecule has 0 aromatic heterocycles. The molecule has 0 saturated carbocycles. The molecule has 4 heteroatoms. The molecule has 1 aromatic carbocycles. The number of anilines is 1. The summed E-state index contributed by atoms with van der Waals surface area (Å²) < 4.78 is 0. The van der Waals surface area contributed by atoms with Gasteiger partial charge < -0.3 is 15.5 Å². The fraction of sp³-hybridized carbons (Fsp3) is 0.588. The summed E-state index contributed by atoms with van der Waals surface area (Å²) in [6.07, 6.45) is 6.10. The molecule has 21 heavy (non-hydrogen) atoms. The van der Waals surface area contributed by atoms with Crippen molar-refractivity contribution in [3.8, 4) is 0 Å². The highest BCUT2D eigenvalue weighted by Gasteiger charge is 2.36. The summed E-state index contributed by atoms with van der Waals surface area (Å²) in [7, 11) is 2.24. The lowest BCUT2D eigenvalue weighted by Crippen LogP contribution is -2.55. The Kier molecular flexibility index (Phi) is 4.44. The average molecular weight is 287 g/mol. The average Bonchev–Trinajstić information content (AvgIpc) is 2.47. The molecule has 1 aromatic rings. The van der Waals surface area contributed by atoms with E-state index in [1.165, 1.54) is 19.3 Å². The molecular weight excluding hydrogens is 262 g/mol. The van der Waals surface area contributed by atoms with Gasteiger partial charge in [0.05, 0.1) is 6.54 Å². The minimum absolute atomic E-state index is 0.103. The number of carbonyl (C=O) groups excluding carboxylic acids is 1. The van der Waals surface area contributed by atoms with Crippen molar-refractivity contribution in [2.75, 3.05) is 18.9 Å². The Labute approximate surface area is 126 Å². The molecule has 2 atom stereocenters. The Bertz CT molecular complexity index is 462. The molecule has 114 valence electrons. The zero-order chi connectivity index (χ0) is 14.7. The minimum atomic E-state index is 0.103. The Hall–Kier alpha value is -1.55. The molecule has 0 aliphatic carbocycles. The lowest BCUT2D eigenvalue weighted by Gasteiger charge is -2.47. The van der Waals surface area contributed by atoms with Crippen LogP contribution in [0.4, 0.5) is 5.69 Å². The van der Waals surface area contributed by atoms with Gasteiger partial charge in [-0.25, -0.2) is 0 Å². The Morgan fingerprint density at radius 2 is 1.86 bits per heavy atom. The van der Waals surface area contributed by atoms with Gasteiger partial charge >= 0.3 is 0 Å². The summed E-state index contributed by atoms with van der Waals surface area (Å²) in [5, 5.41) is 6.38. The van der Waals surface area contributed by atoms with Crippen LogP contribution in [-0.4, -0.2) is 42.5 Å². The number of nitrogens with one attached hydrogen (secondary N) is 2. The van der Waals surface area contributed by atoms with Crippen molar-refractivity contribution in [3.05, 3.63) is 30.3 Å². The maximum Gasteiger partial charge on any atom is 0.239 e. The van der Waals surface area contributed by atoms with Crippen molar-refractivity contribution in [3.63, 3.8) is 0 Å². The number of hydrogen-bond acceptors (Lipinski definition) is 3. The third-order valence-corrected chi connectivity index (χ3v) is 4.93. The van der Waals surface area contributed by atoms with Gasteiger partial charge in [-0.3, -0.25) is 4.79 Å². The molecule has 2 aliphatic heterocycles. The molecule has 2 heterocycles. The van der Waals surface area contributed by atoms with Crippen LogP contribution in [0, 0.1) is 0 Å². The summed E-state index contributed by atoms with van der Waals surface area (Å²) in [6, 6.07) is 11.5. The minimum Gasteiger partial charge on any atom is -0.376 e. The summed E-state index contributed by atoms with van der Waals surface area (Å²) >= 11 is 0. The first-order valence-electron chi connectivity index (χ1n) is 8.02. The number of benzene rings is 1. The van der Waals surface area contributed by atoms with Gasteiger partial charge in [-0.2, -0.15) is 0 Å². The largest absolute Gasteiger partial charge is 0.376 e. The van der Waals surface area contributed by atoms with Gasteiger partial charge in [0.25, 0.3) is 0 Å². The number of fused-ring (bicyclic) bond motifs is 2. The standard InChI is InChI=1S/C17H25N3O/c1-20-15-8-5-9-16(20)11-14(10-15)19-17(21)12-18-13-6-3-2-4-7-13/h2-4,6-7,14-16,18H,5,8-12H2,1H3,(H,19,21). The molecule has 2 N–H and O–H groups in total. The van der Waals surface area contributed by atoms with Gasteiger partial charge in [0.15, 0.2) is 0 Å². The van der Waals surface area contributed by atoms with E-state index in [1.807, 2.05) is 30.3 Å². The molecule has 2 saturated heterocycles. The second-order valence-corrected chi connectivity index (χ2v) is 6.36. The van der Waals surface area contributed by atoms with Crippen molar-refractivity contribution >= 4 is 11.6 Å². The molecule has 2 aliphatic rings. The molecule has 0 spiro atoms. The quantitative estimate of drug-likeness (QED) is 0.892. The van der Waals surface area contributed by atoms with Crippen LogP contribution in [0.1, 0.15) is 32.1 Å². The molecular formula is C17H25N3O. The van der Waals surface area contributed by atoms with E-state index in [1.54, 1.807) is 0 Å². The van der Waals surface area contributed by atoms with Crippen LogP contribution in [0.3, 0.4) is 0 Å². The third kappa shape index (κ3) is 3.56. The number of nitrogens with zero attached hydrogens (tertiary/aromatic N) is 1. The normalized spacial score (nSPS) is 28.9. The SMILES string of the molecule is CN1C2CCCC1CC(NC(=O)CNc1ccccc1)C2. The van der Waals surface area contributed by atoms with E-state index >= 15 is 0 Å². The van der Waals surface area contributed by atoms with E-state index in [0.29, 0.717) is 24.7 Å². The second kappa shape index (κ2) is 6.48. The van der Waals surface area contributed by atoms with Crippen LogP contribution in [0.25, 0.3) is 0 Å². The van der Waals surface area contributed by atoms with Gasteiger partial charge in [0.1, 0.15) is 0 Å². The number of rotatable bonds is 4. The Balaban J connectivity index is 1.47. The maximum atomic E-state index is 12.1. The highest BCUT2D eigenvalue weighted by atomic mass is 16.2. The Morgan fingerprint density at radius 1 is 1.19 bits per heavy atom. The van der Waals surface area contributed by atoms with Crippen LogP contribution >= 0.6 is 0 Å². The van der Waals surface area contributed by atoms with Crippen LogP contribution < -0.4 is 10.6 Å². The van der Waals surface area contributed by atoms with Gasteiger partial charge in [-0.15, -0.1) is 0 Å². The van der Waals surface area contributed by atoms with Gasteiger partial charge in [-0.1, -0.05) is 24.6 Å². The number of hydrogen-bond donors (Lipinski definition) is 2. The maximum absolute atomic E-state index is 12.1. The lowest BCUT2D eigenvalue weighted by atomic mass is 9.82. The van der Waals surface area contributed by atoms with E-state index < -0.39 is 0 Å². The topological polar surface area (TPSA) is 44.4 Å². The molecule has 1 amide bonds. The number of piperidine rings is 2. The number of carbonyl (C=O) groups is 1. The fourth-order valence-electron chi connectivity index (χ4n) is 3.75. The van der Waals surface area contributed by atoms with Crippen LogP contribution in [0.15, 0.2) is 30.3 Å². The summed E-state index contributed by atoms with van der Waals surface area (Å²) in [6.45, 7) is 0.353. The first-order chi connectivity index (χ1) is 10.2. The van der Waals surface area contributed by atoms with Crippen molar-refractivity contribution in [1.82, 2.24) is 10.2 Å². The van der Waals surface area contributed by atoms with Crippen molar-refractivity contribution < 1.29 is 4.79 Å². The molecule has 4 nitrogen and oxygen atoms in total. The molecule has 2 bridgehead atoms. The van der Waals surface area contributed by atoms with E-state index in [2.05, 4.69) is 22.6 Å². The third-order valence-electron chi connectivity index (χ3n) is 4.93. The molecule has 2 fully saturated rings. The van der Waals surface area contributed by atoms with Crippen molar-refractivity contribution in [2.45, 2.75) is 50.2 Å². The number of para-hydroxylation sites is 1. The van der Waals surface area contributed by atoms with Crippen molar-refractivity contribution in [2.24, 2.45) is 0 Å². The second-order valence-electron chi connectivity index (χ2n) is 6.36. The smallest absolute Gasteiger partial charge is 0.239 e. The van der Waals surface area contributed by atoms with E-state index in [9.17, 15) is 4.79 Å².